The monoisotopic (exact) mass is 529 g/mol. The summed E-state index contributed by atoms with van der Waals surface area (Å²) in [5.74, 6) is 0.505. The van der Waals surface area contributed by atoms with Gasteiger partial charge in [0.15, 0.2) is 0 Å². The Morgan fingerprint density at radius 3 is 2.86 bits per heavy atom. The van der Waals surface area contributed by atoms with Crippen LogP contribution in [0.3, 0.4) is 0 Å². The molecule has 11 heteroatoms. The Bertz CT molecular complexity index is 1330. The first kappa shape index (κ1) is 23.7. The van der Waals surface area contributed by atoms with Gasteiger partial charge < -0.3 is 19.5 Å². The largest absolute Gasteiger partial charge is 0.370 e. The number of aliphatic imine (C=N–C) groups is 1. The van der Waals surface area contributed by atoms with Crippen molar-refractivity contribution >= 4 is 58.3 Å². The fraction of sp³-hybridized carbons (Fsp3) is 0.250. The molecule has 0 saturated carbocycles. The summed E-state index contributed by atoms with van der Waals surface area (Å²) < 4.78 is 7.75. The molecule has 3 aromatic rings. The summed E-state index contributed by atoms with van der Waals surface area (Å²) in [7, 11) is 0. The molecule has 0 bridgehead atoms. The third-order valence-electron chi connectivity index (χ3n) is 5.70. The Labute approximate surface area is 215 Å². The lowest BCUT2D eigenvalue weighted by Gasteiger charge is -2.28. The van der Waals surface area contributed by atoms with Crippen molar-refractivity contribution in [2.24, 2.45) is 4.99 Å². The van der Waals surface area contributed by atoms with Gasteiger partial charge in [-0.05, 0) is 36.8 Å². The van der Waals surface area contributed by atoms with E-state index in [-0.39, 0.29) is 30.9 Å². The fourth-order valence-electron chi connectivity index (χ4n) is 3.99. The number of rotatable bonds is 6. The smallest absolute Gasteiger partial charge is 0.261 e. The predicted octanol–water partition coefficient (Wildman–Crippen LogP) is 4.61. The number of benzene rings is 1. The number of anilines is 1. The molecule has 5 rings (SSSR count). The molecule has 2 aromatic heterocycles. The van der Waals surface area contributed by atoms with Crippen LogP contribution in [0, 0.1) is 0 Å². The summed E-state index contributed by atoms with van der Waals surface area (Å²) in [4.78, 5) is 35.9. The fourth-order valence-corrected chi connectivity index (χ4v) is 5.23. The van der Waals surface area contributed by atoms with Crippen molar-refractivity contribution in [1.29, 1.82) is 0 Å². The highest BCUT2D eigenvalue weighted by Gasteiger charge is 2.24. The molecule has 1 fully saturated rings. The number of carbonyl (C=O) groups is 2. The SMILES string of the molecule is O=C(NCc1cn(-c2ccc(N3CCOCC3=O)c(Cl)c2)c(C2C=CN=CC2)n1)c1ccc(Cl)s1. The van der Waals surface area contributed by atoms with E-state index in [0.717, 1.165) is 11.5 Å². The first-order valence-corrected chi connectivity index (χ1v) is 12.5. The van der Waals surface area contributed by atoms with Gasteiger partial charge in [0.1, 0.15) is 12.4 Å². The van der Waals surface area contributed by atoms with Crippen molar-refractivity contribution in [1.82, 2.24) is 14.9 Å². The Morgan fingerprint density at radius 1 is 1.26 bits per heavy atom. The molecule has 2 aliphatic rings. The number of imidazole rings is 1. The maximum absolute atomic E-state index is 12.5. The molecule has 2 aliphatic heterocycles. The number of hydrogen-bond acceptors (Lipinski definition) is 6. The first-order valence-electron chi connectivity index (χ1n) is 11.0. The molecule has 0 spiro atoms. The van der Waals surface area contributed by atoms with Gasteiger partial charge in [-0.2, -0.15) is 0 Å². The molecular weight excluding hydrogens is 509 g/mol. The van der Waals surface area contributed by atoms with Crippen LogP contribution in [0.1, 0.15) is 33.5 Å². The quantitative estimate of drug-likeness (QED) is 0.505. The molecule has 35 heavy (non-hydrogen) atoms. The second kappa shape index (κ2) is 10.3. The molecule has 1 saturated heterocycles. The van der Waals surface area contributed by atoms with Crippen LogP contribution in [0.15, 0.2) is 53.8 Å². The van der Waals surface area contributed by atoms with Crippen LogP contribution in [0.2, 0.25) is 9.36 Å². The number of thiophene rings is 1. The third kappa shape index (κ3) is 5.18. The minimum absolute atomic E-state index is 0.0207. The van der Waals surface area contributed by atoms with Crippen molar-refractivity contribution in [2.45, 2.75) is 18.9 Å². The van der Waals surface area contributed by atoms with E-state index in [0.29, 0.717) is 45.2 Å². The molecule has 180 valence electrons. The normalized spacial score (nSPS) is 17.7. The van der Waals surface area contributed by atoms with Gasteiger partial charge in [-0.25, -0.2) is 4.98 Å². The molecule has 2 amide bonds. The van der Waals surface area contributed by atoms with E-state index in [1.807, 2.05) is 41.3 Å². The van der Waals surface area contributed by atoms with Gasteiger partial charge in [-0.1, -0.05) is 29.3 Å². The lowest BCUT2D eigenvalue weighted by atomic mass is 10.0. The number of morpholine rings is 1. The maximum atomic E-state index is 12.5. The lowest BCUT2D eigenvalue weighted by molar-refractivity contribution is -0.125. The molecule has 1 atom stereocenters. The van der Waals surface area contributed by atoms with Gasteiger partial charge in [0.2, 0.25) is 0 Å². The summed E-state index contributed by atoms with van der Waals surface area (Å²) in [5, 5.41) is 3.36. The van der Waals surface area contributed by atoms with E-state index in [9.17, 15) is 9.59 Å². The zero-order valence-electron chi connectivity index (χ0n) is 18.5. The molecule has 4 heterocycles. The van der Waals surface area contributed by atoms with Crippen LogP contribution in [-0.4, -0.2) is 47.3 Å². The second-order valence-electron chi connectivity index (χ2n) is 8.00. The number of amides is 2. The Hall–Kier alpha value is -2.98. The van der Waals surface area contributed by atoms with Gasteiger partial charge in [0, 0.05) is 36.8 Å². The lowest BCUT2D eigenvalue weighted by Crippen LogP contribution is -2.41. The van der Waals surface area contributed by atoms with Crippen LogP contribution in [-0.2, 0) is 16.1 Å². The van der Waals surface area contributed by atoms with Crippen molar-refractivity contribution in [3.8, 4) is 5.69 Å². The van der Waals surface area contributed by atoms with Crippen molar-refractivity contribution in [3.05, 3.63) is 74.6 Å². The van der Waals surface area contributed by atoms with E-state index in [1.165, 1.54) is 11.3 Å². The van der Waals surface area contributed by atoms with Crippen molar-refractivity contribution < 1.29 is 14.3 Å². The number of halogens is 2. The summed E-state index contributed by atoms with van der Waals surface area (Å²) in [5.41, 5.74) is 2.16. The number of nitrogens with zero attached hydrogens (tertiary/aromatic N) is 4. The number of ether oxygens (including phenoxy) is 1. The number of hydrogen-bond donors (Lipinski definition) is 1. The van der Waals surface area contributed by atoms with Gasteiger partial charge in [-0.15, -0.1) is 11.3 Å². The molecule has 0 radical (unpaired) electrons. The minimum atomic E-state index is -0.203. The van der Waals surface area contributed by atoms with Crippen LogP contribution in [0.25, 0.3) is 5.69 Å². The molecule has 1 aromatic carbocycles. The zero-order chi connectivity index (χ0) is 24.4. The van der Waals surface area contributed by atoms with Crippen LogP contribution >= 0.6 is 34.5 Å². The van der Waals surface area contributed by atoms with E-state index in [4.69, 9.17) is 32.9 Å². The van der Waals surface area contributed by atoms with Gasteiger partial charge in [0.05, 0.1) is 38.8 Å². The van der Waals surface area contributed by atoms with Crippen LogP contribution in [0.5, 0.6) is 0 Å². The van der Waals surface area contributed by atoms with Gasteiger partial charge >= 0.3 is 0 Å². The molecule has 1 unspecified atom stereocenters. The topological polar surface area (TPSA) is 88.8 Å². The van der Waals surface area contributed by atoms with E-state index >= 15 is 0 Å². The average molecular weight is 530 g/mol. The second-order valence-corrected chi connectivity index (χ2v) is 10.1. The van der Waals surface area contributed by atoms with E-state index in [1.54, 1.807) is 23.2 Å². The van der Waals surface area contributed by atoms with Crippen LogP contribution < -0.4 is 10.2 Å². The predicted molar refractivity (Wildman–Crippen MR) is 137 cm³/mol. The van der Waals surface area contributed by atoms with E-state index in [2.05, 4.69) is 10.3 Å². The van der Waals surface area contributed by atoms with Gasteiger partial charge in [0.25, 0.3) is 11.8 Å². The molecule has 0 aliphatic carbocycles. The summed E-state index contributed by atoms with van der Waals surface area (Å²) in [6, 6.07) is 8.96. The summed E-state index contributed by atoms with van der Waals surface area (Å²) >= 11 is 13.8. The highest BCUT2D eigenvalue weighted by atomic mass is 35.5. The van der Waals surface area contributed by atoms with Gasteiger partial charge in [-0.3, -0.25) is 14.6 Å². The number of allylic oxidation sites excluding steroid dienone is 1. The summed E-state index contributed by atoms with van der Waals surface area (Å²) in [6.07, 6.45) is 8.21. The van der Waals surface area contributed by atoms with Crippen LogP contribution in [0.4, 0.5) is 5.69 Å². The minimum Gasteiger partial charge on any atom is -0.370 e. The number of nitrogens with one attached hydrogen (secondary N) is 1. The first-order chi connectivity index (χ1) is 17.0. The van der Waals surface area contributed by atoms with E-state index < -0.39 is 0 Å². The highest BCUT2D eigenvalue weighted by molar-refractivity contribution is 7.18. The molecular formula is C24H21Cl2N5O3S. The maximum Gasteiger partial charge on any atom is 0.261 e. The summed E-state index contributed by atoms with van der Waals surface area (Å²) in [6.45, 7) is 1.23. The number of aromatic nitrogens is 2. The van der Waals surface area contributed by atoms with Crippen molar-refractivity contribution in [2.75, 3.05) is 24.7 Å². The Morgan fingerprint density at radius 2 is 2.14 bits per heavy atom. The Balaban J connectivity index is 1.43. The Kier molecular flexibility index (Phi) is 7.01. The number of carbonyl (C=O) groups excluding carboxylic acids is 2. The molecule has 8 nitrogen and oxygen atoms in total. The zero-order valence-corrected chi connectivity index (χ0v) is 20.8. The molecule has 1 N–H and O–H groups in total. The third-order valence-corrected chi connectivity index (χ3v) is 7.23. The van der Waals surface area contributed by atoms with Crippen molar-refractivity contribution in [3.63, 3.8) is 0 Å². The standard InChI is InChI=1S/C24H21Cl2N5O3S/c25-18-11-17(1-2-19(18)30-9-10-34-14-22(30)32)31-13-16(29-23(31)15-5-7-27-8-6-15)12-28-24(33)20-3-4-21(26)35-20/h1-5,7-8,11,13,15H,6,9-10,12,14H2,(H,28,33). The average Bonchev–Trinajstić information content (AvgIpc) is 3.50. The highest BCUT2D eigenvalue weighted by Crippen LogP contribution is 2.32.